The number of hydrogen-bond donors (Lipinski definition) is 0. The molecule has 1 aromatic rings. The van der Waals surface area contributed by atoms with Crippen molar-refractivity contribution in [1.82, 2.24) is 0 Å². The van der Waals surface area contributed by atoms with Crippen molar-refractivity contribution in [2.75, 3.05) is 6.61 Å². The summed E-state index contributed by atoms with van der Waals surface area (Å²) < 4.78 is 5.70. The molecule has 0 aliphatic heterocycles. The molecule has 0 saturated carbocycles. The molecule has 0 spiro atoms. The molecule has 0 aliphatic carbocycles. The molecule has 80 valence electrons. The molecule has 0 amide bonds. The van der Waals surface area contributed by atoms with Crippen LogP contribution in [0, 0.1) is 33.1 Å². The van der Waals surface area contributed by atoms with Crippen LogP contribution in [0.1, 0.15) is 29.5 Å². The Morgan fingerprint density at radius 2 is 2.00 bits per heavy atom. The Hall–Kier alpha value is -1.42. The largest absolute Gasteiger partial charge is 0.493 e. The second kappa shape index (κ2) is 5.46. The highest BCUT2D eigenvalue weighted by atomic mass is 16.5. The van der Waals surface area contributed by atoms with Crippen LogP contribution in [0.2, 0.25) is 0 Å². The Kier molecular flexibility index (Phi) is 4.24. The molecule has 0 radical (unpaired) electrons. The fourth-order valence-electron chi connectivity index (χ4n) is 1.51. The number of benzene rings is 1. The average molecular weight is 202 g/mol. The van der Waals surface area contributed by atoms with Crippen LogP contribution >= 0.6 is 0 Å². The summed E-state index contributed by atoms with van der Waals surface area (Å²) in [5.74, 6) is 3.60. The van der Waals surface area contributed by atoms with Gasteiger partial charge in [0.1, 0.15) is 5.75 Å². The van der Waals surface area contributed by atoms with Crippen molar-refractivity contribution in [2.24, 2.45) is 0 Å². The zero-order valence-corrected chi connectivity index (χ0v) is 9.76. The predicted octanol–water partition coefficient (Wildman–Crippen LogP) is 3.40. The van der Waals surface area contributed by atoms with Gasteiger partial charge in [-0.15, -0.1) is 12.3 Å². The summed E-state index contributed by atoms with van der Waals surface area (Å²) in [5.41, 5.74) is 3.74. The summed E-state index contributed by atoms with van der Waals surface area (Å²) in [4.78, 5) is 0. The molecule has 15 heavy (non-hydrogen) atoms. The van der Waals surface area contributed by atoms with E-state index >= 15 is 0 Å². The second-order valence-corrected chi connectivity index (χ2v) is 3.86. The third kappa shape index (κ3) is 3.32. The predicted molar refractivity (Wildman–Crippen MR) is 64.2 cm³/mol. The van der Waals surface area contributed by atoms with Crippen molar-refractivity contribution in [2.45, 2.75) is 33.6 Å². The zero-order chi connectivity index (χ0) is 11.3. The number of ether oxygens (including phenoxy) is 1. The highest BCUT2D eigenvalue weighted by Gasteiger charge is 2.03. The van der Waals surface area contributed by atoms with Crippen molar-refractivity contribution >= 4 is 0 Å². The minimum Gasteiger partial charge on any atom is -0.493 e. The summed E-state index contributed by atoms with van der Waals surface area (Å²) in [5, 5.41) is 0. The van der Waals surface area contributed by atoms with Crippen molar-refractivity contribution in [3.63, 3.8) is 0 Å². The first-order valence-corrected chi connectivity index (χ1v) is 5.29. The van der Waals surface area contributed by atoms with E-state index in [1.807, 2.05) is 0 Å². The van der Waals surface area contributed by atoms with Gasteiger partial charge in [-0.2, -0.15) is 0 Å². The maximum absolute atomic E-state index is 5.70. The summed E-state index contributed by atoms with van der Waals surface area (Å²) in [6.45, 7) is 6.98. The zero-order valence-electron chi connectivity index (χ0n) is 9.76. The van der Waals surface area contributed by atoms with Gasteiger partial charge in [-0.05, 0) is 49.9 Å². The van der Waals surface area contributed by atoms with Gasteiger partial charge in [-0.25, -0.2) is 0 Å². The first-order valence-electron chi connectivity index (χ1n) is 5.29. The maximum Gasteiger partial charge on any atom is 0.122 e. The van der Waals surface area contributed by atoms with E-state index in [0.717, 1.165) is 18.6 Å². The molecule has 0 fully saturated rings. The molecular weight excluding hydrogens is 184 g/mol. The Balaban J connectivity index is 2.65. The lowest BCUT2D eigenvalue weighted by Crippen LogP contribution is -2.00. The standard InChI is InChI=1S/C14H18O/c1-5-6-7-8-15-14-10-11(2)9-12(3)13(14)4/h1,9-10H,6-8H2,2-4H3. The van der Waals surface area contributed by atoms with E-state index in [9.17, 15) is 0 Å². The third-order valence-corrected chi connectivity index (χ3v) is 2.49. The summed E-state index contributed by atoms with van der Waals surface area (Å²) in [7, 11) is 0. The summed E-state index contributed by atoms with van der Waals surface area (Å²) in [6, 6.07) is 4.25. The average Bonchev–Trinajstić information content (AvgIpc) is 2.19. The molecule has 1 rings (SSSR count). The smallest absolute Gasteiger partial charge is 0.122 e. The van der Waals surface area contributed by atoms with E-state index in [-0.39, 0.29) is 0 Å². The highest BCUT2D eigenvalue weighted by molar-refractivity contribution is 5.41. The van der Waals surface area contributed by atoms with Crippen LogP contribution in [0.3, 0.4) is 0 Å². The first kappa shape index (κ1) is 11.7. The lowest BCUT2D eigenvalue weighted by molar-refractivity contribution is 0.310. The first-order chi connectivity index (χ1) is 7.15. The van der Waals surface area contributed by atoms with Crippen molar-refractivity contribution in [3.8, 4) is 18.1 Å². The van der Waals surface area contributed by atoms with Crippen LogP contribution in [-0.4, -0.2) is 6.61 Å². The van der Waals surface area contributed by atoms with E-state index in [1.54, 1.807) is 0 Å². The molecule has 0 bridgehead atoms. The van der Waals surface area contributed by atoms with Gasteiger partial charge in [0.2, 0.25) is 0 Å². The van der Waals surface area contributed by atoms with Crippen LogP contribution in [0.5, 0.6) is 5.75 Å². The fourth-order valence-corrected chi connectivity index (χ4v) is 1.51. The van der Waals surface area contributed by atoms with E-state index < -0.39 is 0 Å². The van der Waals surface area contributed by atoms with Gasteiger partial charge in [0.15, 0.2) is 0 Å². The Morgan fingerprint density at radius 3 is 2.67 bits per heavy atom. The fraction of sp³-hybridized carbons (Fsp3) is 0.429. The lowest BCUT2D eigenvalue weighted by Gasteiger charge is -2.11. The number of unbranched alkanes of at least 4 members (excludes halogenated alkanes) is 1. The lowest BCUT2D eigenvalue weighted by atomic mass is 10.1. The topological polar surface area (TPSA) is 9.23 Å². The van der Waals surface area contributed by atoms with Crippen molar-refractivity contribution in [3.05, 3.63) is 28.8 Å². The Bertz CT molecular complexity index is 372. The molecule has 0 unspecified atom stereocenters. The van der Waals surface area contributed by atoms with Gasteiger partial charge >= 0.3 is 0 Å². The van der Waals surface area contributed by atoms with Crippen molar-refractivity contribution in [1.29, 1.82) is 0 Å². The van der Waals surface area contributed by atoms with Gasteiger partial charge in [0, 0.05) is 6.42 Å². The van der Waals surface area contributed by atoms with Crippen LogP contribution in [0.4, 0.5) is 0 Å². The van der Waals surface area contributed by atoms with Gasteiger partial charge in [-0.1, -0.05) is 6.07 Å². The molecule has 0 aliphatic rings. The highest BCUT2D eigenvalue weighted by Crippen LogP contribution is 2.23. The molecule has 0 N–H and O–H groups in total. The number of aryl methyl sites for hydroxylation is 2. The second-order valence-electron chi connectivity index (χ2n) is 3.86. The van der Waals surface area contributed by atoms with Gasteiger partial charge in [-0.3, -0.25) is 0 Å². The van der Waals surface area contributed by atoms with E-state index in [0.29, 0.717) is 6.61 Å². The molecule has 1 aromatic carbocycles. The van der Waals surface area contributed by atoms with Crippen LogP contribution in [0.15, 0.2) is 12.1 Å². The Labute approximate surface area is 92.5 Å². The van der Waals surface area contributed by atoms with E-state index in [4.69, 9.17) is 11.2 Å². The van der Waals surface area contributed by atoms with Crippen LogP contribution in [0.25, 0.3) is 0 Å². The number of rotatable bonds is 4. The van der Waals surface area contributed by atoms with Crippen LogP contribution in [-0.2, 0) is 0 Å². The Morgan fingerprint density at radius 1 is 1.27 bits per heavy atom. The van der Waals surface area contributed by atoms with E-state index in [2.05, 4.69) is 38.8 Å². The van der Waals surface area contributed by atoms with Crippen LogP contribution < -0.4 is 4.74 Å². The monoisotopic (exact) mass is 202 g/mol. The normalized spacial score (nSPS) is 9.73. The molecule has 0 atom stereocenters. The maximum atomic E-state index is 5.70. The van der Waals surface area contributed by atoms with E-state index in [1.165, 1.54) is 16.7 Å². The minimum atomic E-state index is 0.702. The van der Waals surface area contributed by atoms with Gasteiger partial charge in [0.25, 0.3) is 0 Å². The molecule has 1 nitrogen and oxygen atoms in total. The van der Waals surface area contributed by atoms with Crippen molar-refractivity contribution < 1.29 is 4.74 Å². The number of terminal acetylenes is 1. The number of hydrogen-bond acceptors (Lipinski definition) is 1. The quantitative estimate of drug-likeness (QED) is 0.537. The molecule has 1 heteroatoms. The molecule has 0 saturated heterocycles. The molecule has 0 heterocycles. The van der Waals surface area contributed by atoms with Gasteiger partial charge < -0.3 is 4.74 Å². The molecular formula is C14H18O. The van der Waals surface area contributed by atoms with Gasteiger partial charge in [0.05, 0.1) is 6.61 Å². The minimum absolute atomic E-state index is 0.702. The SMILES string of the molecule is C#CCCCOc1cc(C)cc(C)c1C. The summed E-state index contributed by atoms with van der Waals surface area (Å²) >= 11 is 0. The summed E-state index contributed by atoms with van der Waals surface area (Å²) in [6.07, 6.45) is 6.88. The molecule has 0 aromatic heterocycles. The third-order valence-electron chi connectivity index (χ3n) is 2.49.